The second-order valence-electron chi connectivity index (χ2n) is 4.85. The highest BCUT2D eigenvalue weighted by Gasteiger charge is 2.03. The zero-order valence-corrected chi connectivity index (χ0v) is 12.6. The number of ether oxygens (including phenoxy) is 1. The summed E-state index contributed by atoms with van der Waals surface area (Å²) in [6.07, 6.45) is 0. The Bertz CT molecular complexity index is 550. The van der Waals surface area contributed by atoms with Crippen LogP contribution in [0.25, 0.3) is 10.8 Å². The van der Waals surface area contributed by atoms with Gasteiger partial charge in [-0.2, -0.15) is 0 Å². The Morgan fingerprint density at radius 3 is 2.60 bits per heavy atom. The summed E-state index contributed by atoms with van der Waals surface area (Å²) < 4.78 is 5.28. The molecule has 0 bridgehead atoms. The molecule has 2 rings (SSSR count). The second-order valence-corrected chi connectivity index (χ2v) is 4.85. The van der Waals surface area contributed by atoms with Gasteiger partial charge >= 0.3 is 0 Å². The van der Waals surface area contributed by atoms with Crippen LogP contribution in [-0.2, 0) is 0 Å². The fourth-order valence-electron chi connectivity index (χ4n) is 2.43. The van der Waals surface area contributed by atoms with Crippen LogP contribution in [0.2, 0.25) is 0 Å². The van der Waals surface area contributed by atoms with Gasteiger partial charge in [-0.05, 0) is 42.7 Å². The molecule has 0 heterocycles. The lowest BCUT2D eigenvalue weighted by Gasteiger charge is -2.19. The molecule has 2 aromatic carbocycles. The molecule has 3 nitrogen and oxygen atoms in total. The fourth-order valence-corrected chi connectivity index (χ4v) is 2.43. The molecule has 3 heteroatoms. The monoisotopic (exact) mass is 272 g/mol. The van der Waals surface area contributed by atoms with Gasteiger partial charge < -0.3 is 15.0 Å². The van der Waals surface area contributed by atoms with Crippen LogP contribution < -0.4 is 10.1 Å². The minimum absolute atomic E-state index is 0.901. The number of fused-ring (bicyclic) bond motifs is 1. The molecule has 0 aromatic heterocycles. The van der Waals surface area contributed by atoms with Gasteiger partial charge in [0.05, 0.1) is 7.11 Å². The van der Waals surface area contributed by atoms with E-state index < -0.39 is 0 Å². The zero-order chi connectivity index (χ0) is 14.4. The molecule has 0 aliphatic rings. The predicted molar refractivity (Wildman–Crippen MR) is 86.8 cm³/mol. The third-order valence-electron chi connectivity index (χ3n) is 3.73. The Labute approximate surface area is 121 Å². The molecule has 2 aromatic rings. The summed E-state index contributed by atoms with van der Waals surface area (Å²) in [5, 5.41) is 5.99. The fraction of sp³-hybridized carbons (Fsp3) is 0.412. The van der Waals surface area contributed by atoms with E-state index in [-0.39, 0.29) is 0 Å². The van der Waals surface area contributed by atoms with Crippen molar-refractivity contribution in [2.24, 2.45) is 0 Å². The van der Waals surface area contributed by atoms with Crippen molar-refractivity contribution in [1.29, 1.82) is 0 Å². The molecule has 0 saturated carbocycles. The maximum Gasteiger partial charge on any atom is 0.119 e. The Morgan fingerprint density at radius 1 is 1.10 bits per heavy atom. The summed E-state index contributed by atoms with van der Waals surface area (Å²) in [7, 11) is 1.70. The minimum atomic E-state index is 0.901. The lowest BCUT2D eigenvalue weighted by atomic mass is 10.1. The molecule has 108 valence electrons. The molecule has 20 heavy (non-hydrogen) atoms. The van der Waals surface area contributed by atoms with Crippen LogP contribution in [0.1, 0.15) is 13.8 Å². The average molecular weight is 272 g/mol. The number of anilines is 1. The molecule has 0 radical (unpaired) electrons. The molecule has 1 N–H and O–H groups in total. The van der Waals surface area contributed by atoms with Crippen molar-refractivity contribution < 1.29 is 4.74 Å². The summed E-state index contributed by atoms with van der Waals surface area (Å²) in [5.74, 6) is 0.901. The van der Waals surface area contributed by atoms with Crippen LogP contribution in [0, 0.1) is 0 Å². The highest BCUT2D eigenvalue weighted by Crippen LogP contribution is 2.26. The van der Waals surface area contributed by atoms with E-state index in [1.165, 1.54) is 16.5 Å². The summed E-state index contributed by atoms with van der Waals surface area (Å²) in [6, 6.07) is 12.5. The van der Waals surface area contributed by atoms with Gasteiger partial charge in [-0.25, -0.2) is 0 Å². The SMILES string of the molecule is CCN(CC)CCNc1cccc2cc(OC)ccc12. The van der Waals surface area contributed by atoms with E-state index in [0.717, 1.165) is 31.9 Å². The van der Waals surface area contributed by atoms with Crippen molar-refractivity contribution in [3.05, 3.63) is 36.4 Å². The van der Waals surface area contributed by atoms with Crippen molar-refractivity contribution in [3.8, 4) is 5.75 Å². The first kappa shape index (κ1) is 14.7. The van der Waals surface area contributed by atoms with E-state index in [2.05, 4.69) is 54.4 Å². The van der Waals surface area contributed by atoms with Crippen LogP contribution in [0.15, 0.2) is 36.4 Å². The van der Waals surface area contributed by atoms with Gasteiger partial charge in [0.15, 0.2) is 0 Å². The number of benzene rings is 2. The van der Waals surface area contributed by atoms with E-state index in [9.17, 15) is 0 Å². The lowest BCUT2D eigenvalue weighted by molar-refractivity contribution is 0.316. The predicted octanol–water partition coefficient (Wildman–Crippen LogP) is 3.60. The smallest absolute Gasteiger partial charge is 0.119 e. The summed E-state index contributed by atoms with van der Waals surface area (Å²) in [5.41, 5.74) is 1.19. The van der Waals surface area contributed by atoms with E-state index in [1.54, 1.807) is 7.11 Å². The maximum atomic E-state index is 5.28. The van der Waals surface area contributed by atoms with Crippen LogP contribution in [0.3, 0.4) is 0 Å². The van der Waals surface area contributed by atoms with Crippen molar-refractivity contribution in [2.45, 2.75) is 13.8 Å². The van der Waals surface area contributed by atoms with Crippen LogP contribution in [-0.4, -0.2) is 38.2 Å². The van der Waals surface area contributed by atoms with Crippen LogP contribution in [0.5, 0.6) is 5.75 Å². The third kappa shape index (κ3) is 3.42. The number of likely N-dealkylation sites (N-methyl/N-ethyl adjacent to an activating group) is 1. The molecule has 0 saturated heterocycles. The summed E-state index contributed by atoms with van der Waals surface area (Å²) in [6.45, 7) is 8.64. The molecular formula is C17H24N2O. The topological polar surface area (TPSA) is 24.5 Å². The number of rotatable bonds is 7. The Morgan fingerprint density at radius 2 is 1.90 bits per heavy atom. The van der Waals surface area contributed by atoms with Crippen LogP contribution in [0.4, 0.5) is 5.69 Å². The number of hydrogen-bond donors (Lipinski definition) is 1. The Hall–Kier alpha value is -1.74. The zero-order valence-electron chi connectivity index (χ0n) is 12.6. The third-order valence-corrected chi connectivity index (χ3v) is 3.73. The van der Waals surface area contributed by atoms with Gasteiger partial charge in [0.2, 0.25) is 0 Å². The maximum absolute atomic E-state index is 5.28. The second kappa shape index (κ2) is 7.15. The number of nitrogens with one attached hydrogen (secondary N) is 1. The Balaban J connectivity index is 2.10. The van der Waals surface area contributed by atoms with Gasteiger partial charge in [-0.1, -0.05) is 26.0 Å². The van der Waals surface area contributed by atoms with Crippen LogP contribution >= 0.6 is 0 Å². The average Bonchev–Trinajstić information content (AvgIpc) is 2.51. The molecule has 0 atom stereocenters. The lowest BCUT2D eigenvalue weighted by Crippen LogP contribution is -2.28. The van der Waals surface area contributed by atoms with Crippen molar-refractivity contribution >= 4 is 16.5 Å². The van der Waals surface area contributed by atoms with E-state index in [0.29, 0.717) is 0 Å². The first-order chi connectivity index (χ1) is 9.78. The molecule has 0 amide bonds. The largest absolute Gasteiger partial charge is 0.497 e. The van der Waals surface area contributed by atoms with Gasteiger partial charge in [-0.3, -0.25) is 0 Å². The van der Waals surface area contributed by atoms with E-state index in [4.69, 9.17) is 4.74 Å². The minimum Gasteiger partial charge on any atom is -0.497 e. The van der Waals surface area contributed by atoms with E-state index in [1.807, 2.05) is 6.07 Å². The number of hydrogen-bond acceptors (Lipinski definition) is 3. The molecule has 0 fully saturated rings. The molecule has 0 spiro atoms. The molecule has 0 aliphatic heterocycles. The highest BCUT2D eigenvalue weighted by molar-refractivity contribution is 5.94. The molecule has 0 aliphatic carbocycles. The van der Waals surface area contributed by atoms with Crippen molar-refractivity contribution in [3.63, 3.8) is 0 Å². The first-order valence-corrected chi connectivity index (χ1v) is 7.31. The normalized spacial score (nSPS) is 11.0. The van der Waals surface area contributed by atoms with Crippen molar-refractivity contribution in [1.82, 2.24) is 4.90 Å². The summed E-state index contributed by atoms with van der Waals surface area (Å²) in [4.78, 5) is 2.42. The van der Waals surface area contributed by atoms with E-state index >= 15 is 0 Å². The van der Waals surface area contributed by atoms with Crippen molar-refractivity contribution in [2.75, 3.05) is 38.6 Å². The van der Waals surface area contributed by atoms with Gasteiger partial charge in [0, 0.05) is 24.2 Å². The molecule has 0 unspecified atom stereocenters. The Kier molecular flexibility index (Phi) is 5.24. The van der Waals surface area contributed by atoms with Gasteiger partial charge in [-0.15, -0.1) is 0 Å². The van der Waals surface area contributed by atoms with Gasteiger partial charge in [0.25, 0.3) is 0 Å². The first-order valence-electron chi connectivity index (χ1n) is 7.31. The number of nitrogens with zero attached hydrogens (tertiary/aromatic N) is 1. The standard InChI is InChI=1S/C17H24N2O/c1-4-19(5-2)12-11-18-17-8-6-7-14-13-15(20-3)9-10-16(14)17/h6-10,13,18H,4-5,11-12H2,1-3H3. The number of methoxy groups -OCH3 is 1. The quantitative estimate of drug-likeness (QED) is 0.833. The summed E-state index contributed by atoms with van der Waals surface area (Å²) >= 11 is 0. The van der Waals surface area contributed by atoms with Gasteiger partial charge in [0.1, 0.15) is 5.75 Å². The molecular weight excluding hydrogens is 248 g/mol. The highest BCUT2D eigenvalue weighted by atomic mass is 16.5.